The third-order valence-corrected chi connectivity index (χ3v) is 2.48. The van der Waals surface area contributed by atoms with Crippen LogP contribution >= 0.6 is 0 Å². The van der Waals surface area contributed by atoms with Crippen LogP contribution in [0.1, 0.15) is 48.5 Å². The maximum atomic E-state index is 11.6. The highest BCUT2D eigenvalue weighted by Gasteiger charge is 2.23. The highest BCUT2D eigenvalue weighted by molar-refractivity contribution is 5.98. The molecule has 0 unspecified atom stereocenters. The summed E-state index contributed by atoms with van der Waals surface area (Å²) in [4.78, 5) is 36.9. The van der Waals surface area contributed by atoms with Gasteiger partial charge in [-0.2, -0.15) is 0 Å². The van der Waals surface area contributed by atoms with E-state index in [9.17, 15) is 14.4 Å². The second kappa shape index (κ2) is 5.16. The third kappa shape index (κ3) is 3.55. The van der Waals surface area contributed by atoms with E-state index in [1.165, 1.54) is 19.2 Å². The van der Waals surface area contributed by atoms with Crippen molar-refractivity contribution in [3.8, 4) is 0 Å². The van der Waals surface area contributed by atoms with Crippen LogP contribution in [0, 0.1) is 5.41 Å². The zero-order valence-corrected chi connectivity index (χ0v) is 11.0. The lowest BCUT2D eigenvalue weighted by Crippen LogP contribution is -2.26. The average Bonchev–Trinajstić information content (AvgIpc) is 2.73. The molecular weight excluding hydrogens is 234 g/mol. The van der Waals surface area contributed by atoms with Gasteiger partial charge in [0.05, 0.1) is 0 Å². The number of ether oxygens (including phenoxy) is 1. The largest absolute Gasteiger partial charge is 0.453 e. The summed E-state index contributed by atoms with van der Waals surface area (Å²) in [5.41, 5.74) is 0.0339. The highest BCUT2D eigenvalue weighted by Crippen LogP contribution is 2.15. The quantitative estimate of drug-likeness (QED) is 0.655. The number of Topliss-reactive ketones (excluding diaryl/α,β-unsaturated/α-hetero) is 2. The monoisotopic (exact) mass is 251 g/mol. The van der Waals surface area contributed by atoms with Crippen LogP contribution in [0.3, 0.4) is 0 Å². The maximum Gasteiger partial charge on any atom is 0.355 e. The number of hydrogen-bond acceptors (Lipinski definition) is 4. The maximum absolute atomic E-state index is 11.6. The van der Waals surface area contributed by atoms with Gasteiger partial charge in [0.25, 0.3) is 0 Å². The highest BCUT2D eigenvalue weighted by atomic mass is 16.5. The van der Waals surface area contributed by atoms with Crippen LogP contribution in [-0.2, 0) is 9.53 Å². The minimum absolute atomic E-state index is 0.143. The summed E-state index contributed by atoms with van der Waals surface area (Å²) >= 11 is 0. The first-order chi connectivity index (χ1) is 8.21. The Bertz CT molecular complexity index is 479. The Morgan fingerprint density at radius 2 is 1.89 bits per heavy atom. The summed E-state index contributed by atoms with van der Waals surface area (Å²) in [5.74, 6) is -0.939. The number of nitrogens with one attached hydrogen (secondary N) is 1. The molecule has 5 nitrogen and oxygen atoms in total. The van der Waals surface area contributed by atoms with Gasteiger partial charge in [0, 0.05) is 17.2 Å². The fourth-order valence-electron chi connectivity index (χ4n) is 1.14. The number of hydrogen-bond donors (Lipinski definition) is 1. The number of H-pyrrole nitrogens is 1. The number of carbonyl (C=O) groups is 3. The van der Waals surface area contributed by atoms with E-state index in [0.29, 0.717) is 5.56 Å². The average molecular weight is 251 g/mol. The van der Waals surface area contributed by atoms with E-state index in [1.54, 1.807) is 20.8 Å². The van der Waals surface area contributed by atoms with E-state index in [4.69, 9.17) is 4.74 Å². The smallest absolute Gasteiger partial charge is 0.355 e. The zero-order valence-electron chi connectivity index (χ0n) is 11.0. The van der Waals surface area contributed by atoms with Crippen LogP contribution in [0.5, 0.6) is 0 Å². The van der Waals surface area contributed by atoms with E-state index < -0.39 is 11.4 Å². The van der Waals surface area contributed by atoms with Gasteiger partial charge in [-0.1, -0.05) is 20.8 Å². The van der Waals surface area contributed by atoms with Crippen molar-refractivity contribution < 1.29 is 19.1 Å². The summed E-state index contributed by atoms with van der Waals surface area (Å²) in [5, 5.41) is 0. The summed E-state index contributed by atoms with van der Waals surface area (Å²) in [6.45, 7) is 6.40. The summed E-state index contributed by atoms with van der Waals surface area (Å²) in [6, 6.07) is 1.41. The molecule has 98 valence electrons. The minimum Gasteiger partial charge on any atom is -0.453 e. The topological polar surface area (TPSA) is 76.2 Å². The Kier molecular flexibility index (Phi) is 4.06. The van der Waals surface area contributed by atoms with Gasteiger partial charge in [-0.05, 0) is 13.0 Å². The summed E-state index contributed by atoms with van der Waals surface area (Å²) < 4.78 is 4.88. The van der Waals surface area contributed by atoms with Crippen molar-refractivity contribution in [2.45, 2.75) is 27.7 Å². The molecule has 1 rings (SSSR count). The Morgan fingerprint density at radius 1 is 1.28 bits per heavy atom. The van der Waals surface area contributed by atoms with Gasteiger partial charge >= 0.3 is 5.97 Å². The molecule has 0 aromatic carbocycles. The molecule has 0 amide bonds. The fourth-order valence-corrected chi connectivity index (χ4v) is 1.14. The molecule has 1 aromatic heterocycles. The van der Waals surface area contributed by atoms with Gasteiger partial charge in [0.2, 0.25) is 0 Å². The molecule has 1 aromatic rings. The van der Waals surface area contributed by atoms with E-state index in [0.717, 1.165) is 0 Å². The second-order valence-electron chi connectivity index (χ2n) is 5.11. The van der Waals surface area contributed by atoms with Crippen molar-refractivity contribution in [2.24, 2.45) is 5.41 Å². The molecule has 0 fully saturated rings. The minimum atomic E-state index is -0.639. The van der Waals surface area contributed by atoms with E-state index in [1.807, 2.05) is 0 Å². The molecule has 1 N–H and O–H groups in total. The normalized spacial score (nSPS) is 11.1. The molecule has 0 atom stereocenters. The fraction of sp³-hybridized carbons (Fsp3) is 0.462. The molecule has 0 bridgehead atoms. The second-order valence-corrected chi connectivity index (χ2v) is 5.11. The van der Waals surface area contributed by atoms with Crippen LogP contribution in [0.25, 0.3) is 0 Å². The zero-order chi connectivity index (χ0) is 13.9. The molecule has 0 radical (unpaired) electrons. The third-order valence-electron chi connectivity index (χ3n) is 2.48. The molecule has 5 heteroatoms. The van der Waals surface area contributed by atoms with Gasteiger partial charge in [0.1, 0.15) is 5.69 Å². The van der Waals surface area contributed by atoms with Gasteiger partial charge in [-0.3, -0.25) is 9.59 Å². The van der Waals surface area contributed by atoms with Crippen molar-refractivity contribution in [3.05, 3.63) is 23.5 Å². The van der Waals surface area contributed by atoms with Gasteiger partial charge in [-0.25, -0.2) is 4.79 Å². The first-order valence-corrected chi connectivity index (χ1v) is 5.61. The summed E-state index contributed by atoms with van der Waals surface area (Å²) in [6.07, 6.45) is 1.44. The van der Waals surface area contributed by atoms with Crippen LogP contribution in [-0.4, -0.2) is 29.1 Å². The predicted octanol–water partition coefficient (Wildman–Crippen LogP) is 1.99. The number of aromatic nitrogens is 1. The predicted molar refractivity (Wildman–Crippen MR) is 65.5 cm³/mol. The number of ketones is 2. The lowest BCUT2D eigenvalue weighted by atomic mass is 9.91. The van der Waals surface area contributed by atoms with E-state index >= 15 is 0 Å². The van der Waals surface area contributed by atoms with Crippen LogP contribution in [0.15, 0.2) is 12.3 Å². The van der Waals surface area contributed by atoms with Crippen molar-refractivity contribution in [3.63, 3.8) is 0 Å². The molecule has 1 heterocycles. The van der Waals surface area contributed by atoms with Crippen LogP contribution < -0.4 is 0 Å². The lowest BCUT2D eigenvalue weighted by molar-refractivity contribution is -0.129. The standard InChI is InChI=1S/C13H17NO4/c1-8(15)9-5-10(14-6-9)12(17)18-7-11(16)13(2,3)4/h5-6,14H,7H2,1-4H3. The molecule has 0 saturated heterocycles. The number of carbonyl (C=O) groups excluding carboxylic acids is 3. The lowest BCUT2D eigenvalue weighted by Gasteiger charge is -2.15. The molecule has 0 aliphatic rings. The van der Waals surface area contributed by atoms with E-state index in [2.05, 4.69) is 4.98 Å². The van der Waals surface area contributed by atoms with Crippen LogP contribution in [0.2, 0.25) is 0 Å². The van der Waals surface area contributed by atoms with Gasteiger partial charge in [-0.15, -0.1) is 0 Å². The molecule has 0 aliphatic carbocycles. The van der Waals surface area contributed by atoms with Crippen molar-refractivity contribution in [2.75, 3.05) is 6.61 Å². The first-order valence-electron chi connectivity index (χ1n) is 5.61. The van der Waals surface area contributed by atoms with Crippen molar-refractivity contribution in [1.29, 1.82) is 0 Å². The Morgan fingerprint density at radius 3 is 2.33 bits per heavy atom. The Labute approximate surface area is 106 Å². The Hall–Kier alpha value is -1.91. The van der Waals surface area contributed by atoms with E-state index in [-0.39, 0.29) is 23.9 Å². The van der Waals surface area contributed by atoms with Gasteiger partial charge < -0.3 is 9.72 Å². The number of esters is 1. The van der Waals surface area contributed by atoms with Crippen molar-refractivity contribution in [1.82, 2.24) is 4.98 Å². The SMILES string of the molecule is CC(=O)c1c[nH]c(C(=O)OCC(=O)C(C)(C)C)c1. The van der Waals surface area contributed by atoms with Crippen LogP contribution in [0.4, 0.5) is 0 Å². The van der Waals surface area contributed by atoms with Gasteiger partial charge in [0.15, 0.2) is 18.2 Å². The van der Waals surface area contributed by atoms with Crippen molar-refractivity contribution >= 4 is 17.5 Å². The Balaban J connectivity index is 2.61. The molecular formula is C13H17NO4. The molecule has 0 aliphatic heterocycles. The first kappa shape index (κ1) is 14.2. The molecule has 0 saturated carbocycles. The summed E-state index contributed by atoms with van der Waals surface area (Å²) in [7, 11) is 0. The molecule has 0 spiro atoms. The number of rotatable bonds is 4. The number of aromatic amines is 1. The molecule has 18 heavy (non-hydrogen) atoms.